The van der Waals surface area contributed by atoms with Crippen molar-refractivity contribution >= 4 is 35.4 Å². The number of thiazole rings is 1. The van der Waals surface area contributed by atoms with E-state index < -0.39 is 17.3 Å². The molecular formula is C22H25FN2O4S. The largest absolute Gasteiger partial charge is 0.463 e. The highest BCUT2D eigenvalue weighted by atomic mass is 32.1. The number of carbonyl (C=O) groups is 2. The first-order valence-corrected chi connectivity index (χ1v) is 10.8. The molecule has 2 heterocycles. The lowest BCUT2D eigenvalue weighted by atomic mass is 9.99. The minimum atomic E-state index is -0.593. The van der Waals surface area contributed by atoms with E-state index in [2.05, 4.69) is 6.92 Å². The van der Waals surface area contributed by atoms with Gasteiger partial charge < -0.3 is 9.64 Å². The molecule has 0 bridgehead atoms. The number of rotatable bonds is 5. The number of nitrogens with zero attached hydrogens (tertiary/aromatic N) is 2. The Morgan fingerprint density at radius 3 is 2.63 bits per heavy atom. The highest BCUT2D eigenvalue weighted by Gasteiger charge is 2.21. The van der Waals surface area contributed by atoms with Gasteiger partial charge in [-0.25, -0.2) is 9.18 Å². The molecule has 30 heavy (non-hydrogen) atoms. The fraction of sp³-hybridized carbons (Fsp3) is 0.409. The number of likely N-dealkylation sites (tertiary alicyclic amines) is 1. The second-order valence-electron chi connectivity index (χ2n) is 7.32. The average molecular weight is 433 g/mol. The second kappa shape index (κ2) is 9.84. The topological polar surface area (TPSA) is 68.6 Å². The van der Waals surface area contributed by atoms with Crippen LogP contribution in [0.25, 0.3) is 12.2 Å². The van der Waals surface area contributed by atoms with Gasteiger partial charge in [-0.15, -0.1) is 11.3 Å². The van der Waals surface area contributed by atoms with Gasteiger partial charge in [0.15, 0.2) is 0 Å². The number of aromatic nitrogens is 1. The zero-order chi connectivity index (χ0) is 21.7. The molecule has 0 saturated carbocycles. The Morgan fingerprint density at radius 2 is 1.97 bits per heavy atom. The molecule has 2 aromatic rings. The lowest BCUT2D eigenvalue weighted by molar-refractivity contribution is -0.136. The molecular weight excluding hydrogens is 407 g/mol. The Balaban J connectivity index is 2.01. The van der Waals surface area contributed by atoms with E-state index in [1.165, 1.54) is 22.8 Å². The molecule has 3 rings (SSSR count). The van der Waals surface area contributed by atoms with Crippen molar-refractivity contribution in [2.75, 3.05) is 19.7 Å². The number of benzene rings is 1. The van der Waals surface area contributed by atoms with E-state index in [1.54, 1.807) is 30.0 Å². The van der Waals surface area contributed by atoms with Crippen molar-refractivity contribution in [1.29, 1.82) is 0 Å². The Bertz CT molecular complexity index is 1100. The van der Waals surface area contributed by atoms with Crippen LogP contribution in [0.5, 0.6) is 0 Å². The Morgan fingerprint density at radius 1 is 1.27 bits per heavy atom. The van der Waals surface area contributed by atoms with Crippen LogP contribution >= 0.6 is 11.3 Å². The lowest BCUT2D eigenvalue weighted by Gasteiger charge is -2.30. The Labute approximate surface area is 177 Å². The predicted molar refractivity (Wildman–Crippen MR) is 114 cm³/mol. The van der Waals surface area contributed by atoms with Crippen molar-refractivity contribution in [3.05, 3.63) is 55.2 Å². The van der Waals surface area contributed by atoms with Gasteiger partial charge in [-0.05, 0) is 37.8 Å². The first kappa shape index (κ1) is 22.0. The van der Waals surface area contributed by atoms with E-state index >= 15 is 0 Å². The number of amides is 1. The number of ether oxygens (including phenoxy) is 1. The van der Waals surface area contributed by atoms with Crippen LogP contribution in [0.4, 0.5) is 4.39 Å². The van der Waals surface area contributed by atoms with E-state index in [-0.39, 0.29) is 29.2 Å². The van der Waals surface area contributed by atoms with E-state index in [0.717, 1.165) is 24.2 Å². The summed E-state index contributed by atoms with van der Waals surface area (Å²) in [5.41, 5.74) is -0.167. The van der Waals surface area contributed by atoms with Gasteiger partial charge in [-0.1, -0.05) is 25.1 Å². The van der Waals surface area contributed by atoms with Crippen molar-refractivity contribution < 1.29 is 18.7 Å². The summed E-state index contributed by atoms with van der Waals surface area (Å²) < 4.78 is 20.8. The fourth-order valence-corrected chi connectivity index (χ4v) is 4.33. The molecule has 0 aliphatic carbocycles. The van der Waals surface area contributed by atoms with Gasteiger partial charge in [-0.3, -0.25) is 14.2 Å². The monoisotopic (exact) mass is 432 g/mol. The molecule has 0 spiro atoms. The molecule has 0 unspecified atom stereocenters. The summed E-state index contributed by atoms with van der Waals surface area (Å²) in [7, 11) is 0. The zero-order valence-corrected chi connectivity index (χ0v) is 17.9. The molecule has 1 fully saturated rings. The average Bonchev–Trinajstić information content (AvgIpc) is 2.99. The molecule has 1 saturated heterocycles. The molecule has 0 radical (unpaired) electrons. The van der Waals surface area contributed by atoms with Crippen molar-refractivity contribution in [3.8, 4) is 0 Å². The number of piperidine rings is 1. The maximum absolute atomic E-state index is 14.0. The summed E-state index contributed by atoms with van der Waals surface area (Å²) in [4.78, 5) is 39.5. The Hall–Kier alpha value is -2.74. The summed E-state index contributed by atoms with van der Waals surface area (Å²) in [5, 5.41) is 0. The van der Waals surface area contributed by atoms with Crippen molar-refractivity contribution in [1.82, 2.24) is 9.47 Å². The Kier molecular flexibility index (Phi) is 7.20. The van der Waals surface area contributed by atoms with Crippen LogP contribution in [0.15, 0.2) is 29.1 Å². The number of halogens is 1. The van der Waals surface area contributed by atoms with Crippen LogP contribution < -0.4 is 14.8 Å². The molecule has 0 N–H and O–H groups in total. The van der Waals surface area contributed by atoms with Crippen molar-refractivity contribution in [2.24, 2.45) is 5.92 Å². The molecule has 1 aliphatic heterocycles. The fourth-order valence-electron chi connectivity index (χ4n) is 3.30. The van der Waals surface area contributed by atoms with Gasteiger partial charge in [0.05, 0.1) is 17.2 Å². The minimum absolute atomic E-state index is 0.167. The maximum Gasteiger partial charge on any atom is 0.333 e. The quantitative estimate of drug-likeness (QED) is 0.672. The third-order valence-corrected chi connectivity index (χ3v) is 6.15. The molecule has 6 nitrogen and oxygen atoms in total. The molecule has 1 aromatic carbocycles. The SMILES string of the molecule is CCOC(=O)/C=c1\s/c(=C/c2ccccc2F)c(=O)n1CC(=O)N1CCC(C)CC1. The van der Waals surface area contributed by atoms with E-state index in [4.69, 9.17) is 4.74 Å². The van der Waals surface area contributed by atoms with Crippen LogP contribution in [-0.2, 0) is 20.9 Å². The van der Waals surface area contributed by atoms with Crippen LogP contribution in [0.1, 0.15) is 32.3 Å². The van der Waals surface area contributed by atoms with Gasteiger partial charge in [-0.2, -0.15) is 0 Å². The van der Waals surface area contributed by atoms with Crippen LogP contribution in [0.3, 0.4) is 0 Å². The summed E-state index contributed by atoms with van der Waals surface area (Å²) in [6.07, 6.45) is 4.50. The van der Waals surface area contributed by atoms with Crippen LogP contribution in [0.2, 0.25) is 0 Å². The van der Waals surface area contributed by atoms with Gasteiger partial charge in [0, 0.05) is 18.7 Å². The lowest BCUT2D eigenvalue weighted by Crippen LogP contribution is -2.43. The second-order valence-corrected chi connectivity index (χ2v) is 8.38. The van der Waals surface area contributed by atoms with Crippen LogP contribution in [-0.4, -0.2) is 41.0 Å². The number of esters is 1. The van der Waals surface area contributed by atoms with Crippen LogP contribution in [0, 0.1) is 11.7 Å². The number of hydrogen-bond donors (Lipinski definition) is 0. The summed E-state index contributed by atoms with van der Waals surface area (Å²) >= 11 is 1.03. The maximum atomic E-state index is 14.0. The summed E-state index contributed by atoms with van der Waals surface area (Å²) in [6.45, 7) is 5.19. The molecule has 160 valence electrons. The highest BCUT2D eigenvalue weighted by molar-refractivity contribution is 7.07. The van der Waals surface area contributed by atoms with Crippen molar-refractivity contribution in [3.63, 3.8) is 0 Å². The molecule has 0 atom stereocenters. The summed E-state index contributed by atoms with van der Waals surface area (Å²) in [5.74, 6) is -0.638. The van der Waals surface area contributed by atoms with E-state index in [1.807, 2.05) is 0 Å². The molecule has 1 amide bonds. The third-order valence-electron chi connectivity index (χ3n) is 5.09. The predicted octanol–water partition coefficient (Wildman–Crippen LogP) is 1.48. The number of carbonyl (C=O) groups excluding carboxylic acids is 2. The number of hydrogen-bond acceptors (Lipinski definition) is 5. The molecule has 8 heteroatoms. The van der Waals surface area contributed by atoms with Gasteiger partial charge in [0.1, 0.15) is 17.0 Å². The minimum Gasteiger partial charge on any atom is -0.463 e. The smallest absolute Gasteiger partial charge is 0.333 e. The van der Waals surface area contributed by atoms with Gasteiger partial charge >= 0.3 is 5.97 Å². The van der Waals surface area contributed by atoms with E-state index in [9.17, 15) is 18.8 Å². The highest BCUT2D eigenvalue weighted by Crippen LogP contribution is 2.16. The first-order chi connectivity index (χ1) is 14.4. The van der Waals surface area contributed by atoms with Gasteiger partial charge in [0.25, 0.3) is 5.56 Å². The first-order valence-electron chi connectivity index (χ1n) is 10.0. The van der Waals surface area contributed by atoms with E-state index in [0.29, 0.717) is 23.7 Å². The third kappa shape index (κ3) is 5.24. The normalized spacial score (nSPS) is 16.2. The zero-order valence-electron chi connectivity index (χ0n) is 17.1. The molecule has 1 aliphatic rings. The standard InChI is InChI=1S/C22H25FN2O4S/c1-3-29-21(27)13-20-25(14-19(26)24-10-8-15(2)9-11-24)22(28)18(30-20)12-16-6-4-5-7-17(16)23/h4-7,12-13,15H,3,8-11,14H2,1-2H3/b18-12+,20-13-. The van der Waals surface area contributed by atoms with Gasteiger partial charge in [0.2, 0.25) is 5.91 Å². The molecule has 1 aromatic heterocycles. The van der Waals surface area contributed by atoms with Crippen molar-refractivity contribution in [2.45, 2.75) is 33.2 Å². The summed E-state index contributed by atoms with van der Waals surface area (Å²) in [6, 6.07) is 6.11.